The van der Waals surface area contributed by atoms with Crippen molar-refractivity contribution in [2.45, 2.75) is 37.9 Å². The number of carboxylic acid groups (broad SMARTS) is 1. The van der Waals surface area contributed by atoms with Crippen LogP contribution >= 0.6 is 0 Å². The summed E-state index contributed by atoms with van der Waals surface area (Å²) < 4.78 is 39.1. The standard InChI is InChI=1S/C15H19F3N4O2/c16-15(17,18)12-11(13(23)24)9-19-14(20-12)22-7-3-10(4-8-22)21-5-1-2-6-21/h9-10H,1-8H2,(H,23,24). The summed E-state index contributed by atoms with van der Waals surface area (Å²) in [5, 5.41) is 8.89. The molecule has 1 N–H and O–H groups in total. The molecule has 9 heteroatoms. The number of halogens is 3. The molecule has 24 heavy (non-hydrogen) atoms. The number of likely N-dealkylation sites (tertiary alicyclic amines) is 1. The topological polar surface area (TPSA) is 69.6 Å². The highest BCUT2D eigenvalue weighted by atomic mass is 19.4. The van der Waals surface area contributed by atoms with Crippen LogP contribution in [0.25, 0.3) is 0 Å². The Morgan fingerprint density at radius 3 is 2.33 bits per heavy atom. The largest absolute Gasteiger partial charge is 0.478 e. The minimum absolute atomic E-state index is 0.0489. The van der Waals surface area contributed by atoms with Crippen molar-refractivity contribution < 1.29 is 23.1 Å². The normalized spacial score (nSPS) is 20.5. The first kappa shape index (κ1) is 16.9. The van der Waals surface area contributed by atoms with Crippen LogP contribution in [-0.4, -0.2) is 58.2 Å². The second kappa shape index (κ2) is 6.54. The highest BCUT2D eigenvalue weighted by Crippen LogP contribution is 2.32. The van der Waals surface area contributed by atoms with E-state index in [4.69, 9.17) is 5.11 Å². The lowest BCUT2D eigenvalue weighted by atomic mass is 10.0. The summed E-state index contributed by atoms with van der Waals surface area (Å²) >= 11 is 0. The molecule has 1 aromatic rings. The van der Waals surface area contributed by atoms with Crippen molar-refractivity contribution >= 4 is 11.9 Å². The fourth-order valence-corrected chi connectivity index (χ4v) is 3.44. The predicted molar refractivity (Wildman–Crippen MR) is 80.0 cm³/mol. The number of aromatic carboxylic acids is 1. The summed E-state index contributed by atoms with van der Waals surface area (Å²) in [5.41, 5.74) is -2.31. The minimum Gasteiger partial charge on any atom is -0.478 e. The van der Waals surface area contributed by atoms with Gasteiger partial charge in [0.05, 0.1) is 0 Å². The first-order chi connectivity index (χ1) is 11.4. The average molecular weight is 344 g/mol. The van der Waals surface area contributed by atoms with E-state index < -0.39 is 23.4 Å². The number of hydrogen-bond donors (Lipinski definition) is 1. The van der Waals surface area contributed by atoms with Crippen molar-refractivity contribution in [2.24, 2.45) is 0 Å². The Kier molecular flexibility index (Phi) is 4.62. The third-order valence-corrected chi connectivity index (χ3v) is 4.68. The van der Waals surface area contributed by atoms with Crippen LogP contribution in [0.2, 0.25) is 0 Å². The Balaban J connectivity index is 1.74. The molecule has 1 aromatic heterocycles. The van der Waals surface area contributed by atoms with Crippen molar-refractivity contribution in [3.63, 3.8) is 0 Å². The minimum atomic E-state index is -4.82. The lowest BCUT2D eigenvalue weighted by molar-refractivity contribution is -0.141. The van der Waals surface area contributed by atoms with Crippen molar-refractivity contribution in [1.29, 1.82) is 0 Å². The van der Waals surface area contributed by atoms with Crippen LogP contribution in [0.15, 0.2) is 6.20 Å². The Labute approximate surface area is 137 Å². The molecular weight excluding hydrogens is 325 g/mol. The summed E-state index contributed by atoms with van der Waals surface area (Å²) in [7, 11) is 0. The van der Waals surface area contributed by atoms with Crippen LogP contribution in [0, 0.1) is 0 Å². The molecule has 0 saturated carbocycles. The highest BCUT2D eigenvalue weighted by molar-refractivity contribution is 5.88. The van der Waals surface area contributed by atoms with Crippen LogP contribution in [-0.2, 0) is 6.18 Å². The molecule has 0 unspecified atom stereocenters. The molecule has 0 atom stereocenters. The quantitative estimate of drug-likeness (QED) is 0.907. The molecule has 2 aliphatic heterocycles. The smallest absolute Gasteiger partial charge is 0.434 e. The van der Waals surface area contributed by atoms with Crippen LogP contribution in [0.4, 0.5) is 19.1 Å². The first-order valence-electron chi connectivity index (χ1n) is 8.03. The van der Waals surface area contributed by atoms with Gasteiger partial charge in [-0.15, -0.1) is 0 Å². The molecule has 3 heterocycles. The van der Waals surface area contributed by atoms with Crippen LogP contribution in [0.5, 0.6) is 0 Å². The van der Waals surface area contributed by atoms with Gasteiger partial charge < -0.3 is 14.9 Å². The van der Waals surface area contributed by atoms with E-state index in [2.05, 4.69) is 14.9 Å². The molecule has 0 amide bonds. The van der Waals surface area contributed by atoms with Gasteiger partial charge in [-0.3, -0.25) is 0 Å². The van der Waals surface area contributed by atoms with E-state index in [1.165, 1.54) is 12.8 Å². The van der Waals surface area contributed by atoms with Crippen molar-refractivity contribution in [2.75, 3.05) is 31.1 Å². The van der Waals surface area contributed by atoms with Crippen LogP contribution < -0.4 is 4.90 Å². The summed E-state index contributed by atoms with van der Waals surface area (Å²) in [6, 6.07) is 0.462. The van der Waals surface area contributed by atoms with E-state index in [9.17, 15) is 18.0 Å². The SMILES string of the molecule is O=C(O)c1cnc(N2CCC(N3CCCC3)CC2)nc1C(F)(F)F. The third kappa shape index (κ3) is 3.45. The van der Waals surface area contributed by atoms with E-state index in [0.29, 0.717) is 19.1 Å². The zero-order valence-electron chi connectivity index (χ0n) is 13.1. The molecule has 0 bridgehead atoms. The molecule has 0 aliphatic carbocycles. The van der Waals surface area contributed by atoms with Gasteiger partial charge in [0.25, 0.3) is 0 Å². The fraction of sp³-hybridized carbons (Fsp3) is 0.667. The Morgan fingerprint density at radius 2 is 1.79 bits per heavy atom. The predicted octanol–water partition coefficient (Wildman–Crippen LogP) is 2.26. The van der Waals surface area contributed by atoms with Crippen LogP contribution in [0.1, 0.15) is 41.7 Å². The third-order valence-electron chi connectivity index (χ3n) is 4.68. The van der Waals surface area contributed by atoms with E-state index in [1.807, 2.05) is 0 Å². The summed E-state index contributed by atoms with van der Waals surface area (Å²) in [4.78, 5) is 22.4. The molecule has 0 radical (unpaired) electrons. The van der Waals surface area contributed by atoms with E-state index >= 15 is 0 Å². The Bertz CT molecular complexity index is 609. The van der Waals surface area contributed by atoms with Gasteiger partial charge in [0.1, 0.15) is 5.56 Å². The average Bonchev–Trinajstić information content (AvgIpc) is 3.08. The highest BCUT2D eigenvalue weighted by Gasteiger charge is 2.39. The molecule has 6 nitrogen and oxygen atoms in total. The molecule has 3 rings (SSSR count). The van der Waals surface area contributed by atoms with Crippen LogP contribution in [0.3, 0.4) is 0 Å². The fourth-order valence-electron chi connectivity index (χ4n) is 3.44. The van der Waals surface area contributed by atoms with E-state index in [-0.39, 0.29) is 5.95 Å². The maximum atomic E-state index is 13.0. The Morgan fingerprint density at radius 1 is 1.17 bits per heavy atom. The molecule has 0 aromatic carbocycles. The van der Waals surface area contributed by atoms with Gasteiger partial charge in [-0.1, -0.05) is 0 Å². The van der Waals surface area contributed by atoms with Crippen molar-refractivity contribution in [1.82, 2.24) is 14.9 Å². The number of carboxylic acids is 1. The monoisotopic (exact) mass is 344 g/mol. The summed E-state index contributed by atoms with van der Waals surface area (Å²) in [5.74, 6) is -1.73. The summed E-state index contributed by atoms with van der Waals surface area (Å²) in [6.07, 6.45) is 0.0416. The number of carbonyl (C=O) groups is 1. The summed E-state index contributed by atoms with van der Waals surface area (Å²) in [6.45, 7) is 3.33. The maximum absolute atomic E-state index is 13.0. The number of hydrogen-bond acceptors (Lipinski definition) is 5. The van der Waals surface area contributed by atoms with Gasteiger partial charge in [0.15, 0.2) is 5.69 Å². The maximum Gasteiger partial charge on any atom is 0.434 e. The van der Waals surface area contributed by atoms with Gasteiger partial charge in [-0.05, 0) is 38.8 Å². The van der Waals surface area contributed by atoms with Gasteiger partial charge in [0, 0.05) is 25.3 Å². The second-order valence-corrected chi connectivity index (χ2v) is 6.20. The number of anilines is 1. The zero-order chi connectivity index (χ0) is 17.3. The van der Waals surface area contributed by atoms with Crippen molar-refractivity contribution in [3.8, 4) is 0 Å². The molecule has 2 saturated heterocycles. The number of rotatable bonds is 3. The van der Waals surface area contributed by atoms with E-state index in [1.54, 1.807) is 4.90 Å². The van der Waals surface area contributed by atoms with Gasteiger partial charge in [-0.25, -0.2) is 14.8 Å². The Hall–Kier alpha value is -1.90. The van der Waals surface area contributed by atoms with E-state index in [0.717, 1.165) is 32.1 Å². The van der Waals surface area contributed by atoms with Gasteiger partial charge >= 0.3 is 12.1 Å². The second-order valence-electron chi connectivity index (χ2n) is 6.20. The molecular formula is C15H19F3N4O2. The molecule has 2 fully saturated rings. The lowest BCUT2D eigenvalue weighted by Crippen LogP contribution is -2.44. The number of alkyl halides is 3. The molecule has 132 valence electrons. The number of nitrogens with zero attached hydrogens (tertiary/aromatic N) is 4. The molecule has 0 spiro atoms. The van der Waals surface area contributed by atoms with Gasteiger partial charge in [-0.2, -0.15) is 13.2 Å². The molecule has 2 aliphatic rings. The number of aromatic nitrogens is 2. The lowest BCUT2D eigenvalue weighted by Gasteiger charge is -2.36. The number of piperidine rings is 1. The zero-order valence-corrected chi connectivity index (χ0v) is 13.1. The first-order valence-corrected chi connectivity index (χ1v) is 8.03. The van der Waals surface area contributed by atoms with Gasteiger partial charge in [0.2, 0.25) is 5.95 Å². The van der Waals surface area contributed by atoms with Crippen molar-refractivity contribution in [3.05, 3.63) is 17.5 Å².